The first-order chi connectivity index (χ1) is 12.5. The Morgan fingerprint density at radius 2 is 2.00 bits per heavy atom. The molecule has 4 rings (SSSR count). The van der Waals surface area contributed by atoms with E-state index in [2.05, 4.69) is 4.98 Å². The second-order valence-electron chi connectivity index (χ2n) is 6.50. The van der Waals surface area contributed by atoms with Gasteiger partial charge in [-0.2, -0.15) is 0 Å². The van der Waals surface area contributed by atoms with Gasteiger partial charge < -0.3 is 29.6 Å². The summed E-state index contributed by atoms with van der Waals surface area (Å²) in [5.41, 5.74) is 8.88. The summed E-state index contributed by atoms with van der Waals surface area (Å²) in [5.74, 6) is 0.317. The van der Waals surface area contributed by atoms with E-state index in [1.807, 2.05) is 23.7 Å². The van der Waals surface area contributed by atoms with E-state index >= 15 is 0 Å². The van der Waals surface area contributed by atoms with Gasteiger partial charge in [0.15, 0.2) is 11.6 Å². The van der Waals surface area contributed by atoms with Crippen LogP contribution in [0.1, 0.15) is 10.4 Å². The maximum atomic E-state index is 12.8. The molecular formula is C18H21N5O3. The maximum absolute atomic E-state index is 12.8. The minimum absolute atomic E-state index is 0.0598. The molecule has 0 bridgehead atoms. The predicted molar refractivity (Wildman–Crippen MR) is 97.9 cm³/mol. The third-order valence-corrected chi connectivity index (χ3v) is 4.80. The van der Waals surface area contributed by atoms with Gasteiger partial charge in [0, 0.05) is 39.1 Å². The molecule has 3 aromatic rings. The highest BCUT2D eigenvalue weighted by molar-refractivity contribution is 5.99. The van der Waals surface area contributed by atoms with Crippen molar-refractivity contribution in [1.29, 1.82) is 0 Å². The molecule has 0 radical (unpaired) electrons. The number of hydrogen-bond acceptors (Lipinski definition) is 5. The molecule has 1 fully saturated rings. The lowest BCUT2D eigenvalue weighted by Gasteiger charge is -2.26. The van der Waals surface area contributed by atoms with Crippen molar-refractivity contribution >= 4 is 22.6 Å². The fourth-order valence-electron chi connectivity index (χ4n) is 3.40. The number of carbonyl (C=O) groups excluding carboxylic acids is 1. The number of fused-ring (bicyclic) bond motifs is 1. The Kier molecular flexibility index (Phi) is 3.84. The number of nitrogen functional groups attached to an aromatic ring is 1. The summed E-state index contributed by atoms with van der Waals surface area (Å²) in [6.07, 6.45) is 1.65. The molecule has 3 heterocycles. The summed E-state index contributed by atoms with van der Waals surface area (Å²) >= 11 is 0. The van der Waals surface area contributed by atoms with E-state index in [1.54, 1.807) is 28.8 Å². The lowest BCUT2D eigenvalue weighted by Crippen LogP contribution is -2.40. The van der Waals surface area contributed by atoms with E-state index in [0.29, 0.717) is 43.5 Å². The van der Waals surface area contributed by atoms with Crippen LogP contribution >= 0.6 is 0 Å². The van der Waals surface area contributed by atoms with Gasteiger partial charge in [0.1, 0.15) is 5.69 Å². The molecular weight excluding hydrogens is 334 g/mol. The van der Waals surface area contributed by atoms with E-state index in [1.165, 1.54) is 0 Å². The first-order valence-corrected chi connectivity index (χ1v) is 8.45. The van der Waals surface area contributed by atoms with Gasteiger partial charge in [0.25, 0.3) is 5.91 Å². The average molecular weight is 355 g/mol. The molecule has 1 amide bonds. The van der Waals surface area contributed by atoms with Crippen LogP contribution < -0.4 is 5.73 Å². The summed E-state index contributed by atoms with van der Waals surface area (Å²) in [7, 11) is 3.66. The van der Waals surface area contributed by atoms with Crippen LogP contribution in [-0.2, 0) is 18.8 Å². The Hall–Kier alpha value is -3.00. The molecule has 1 aliphatic heterocycles. The van der Waals surface area contributed by atoms with Crippen LogP contribution in [0.4, 0.5) is 5.69 Å². The van der Waals surface area contributed by atoms with Crippen LogP contribution in [0.5, 0.6) is 5.75 Å². The molecule has 26 heavy (non-hydrogen) atoms. The third-order valence-electron chi connectivity index (χ3n) is 4.80. The van der Waals surface area contributed by atoms with Crippen molar-refractivity contribution in [1.82, 2.24) is 19.0 Å². The largest absolute Gasteiger partial charge is 0.505 e. The van der Waals surface area contributed by atoms with Crippen LogP contribution in [0, 0.1) is 0 Å². The molecule has 0 aliphatic carbocycles. The minimum Gasteiger partial charge on any atom is -0.505 e. The highest BCUT2D eigenvalue weighted by Crippen LogP contribution is 2.35. The van der Waals surface area contributed by atoms with E-state index < -0.39 is 0 Å². The van der Waals surface area contributed by atoms with Crippen molar-refractivity contribution in [3.8, 4) is 17.3 Å². The maximum Gasteiger partial charge on any atom is 0.259 e. The molecule has 136 valence electrons. The number of aromatic nitrogens is 3. The number of ether oxygens (including phenoxy) is 1. The number of aryl methyl sites for hydroxylation is 2. The number of morpholine rings is 1. The molecule has 2 aromatic heterocycles. The molecule has 1 aromatic carbocycles. The monoisotopic (exact) mass is 355 g/mol. The first kappa shape index (κ1) is 16.5. The Morgan fingerprint density at radius 1 is 1.27 bits per heavy atom. The van der Waals surface area contributed by atoms with Crippen molar-refractivity contribution in [3.05, 3.63) is 30.0 Å². The van der Waals surface area contributed by atoms with E-state index in [0.717, 1.165) is 11.0 Å². The van der Waals surface area contributed by atoms with Crippen LogP contribution in [0.2, 0.25) is 0 Å². The SMILES string of the molecule is Cn1cc(C(=O)N2CCOCC2)c(O)c1-c1nc2cc(N)ccc2n1C. The highest BCUT2D eigenvalue weighted by atomic mass is 16.5. The Morgan fingerprint density at radius 3 is 2.73 bits per heavy atom. The van der Waals surface area contributed by atoms with Gasteiger partial charge in [-0.05, 0) is 18.2 Å². The zero-order valence-corrected chi connectivity index (χ0v) is 14.8. The van der Waals surface area contributed by atoms with Crippen molar-refractivity contribution in [2.45, 2.75) is 0 Å². The molecule has 8 nitrogen and oxygen atoms in total. The Bertz CT molecular complexity index is 998. The Labute approximate surface area is 150 Å². The van der Waals surface area contributed by atoms with Crippen LogP contribution in [0.25, 0.3) is 22.6 Å². The molecule has 0 unspecified atom stereocenters. The number of nitrogens with two attached hydrogens (primary N) is 1. The average Bonchev–Trinajstić information content (AvgIpc) is 3.11. The minimum atomic E-state index is -0.198. The van der Waals surface area contributed by atoms with Gasteiger partial charge in [-0.1, -0.05) is 0 Å². The summed E-state index contributed by atoms with van der Waals surface area (Å²) in [4.78, 5) is 19.1. The fourth-order valence-corrected chi connectivity index (χ4v) is 3.40. The summed E-state index contributed by atoms with van der Waals surface area (Å²) in [6.45, 7) is 2.07. The van der Waals surface area contributed by atoms with Gasteiger partial charge in [-0.15, -0.1) is 0 Å². The van der Waals surface area contributed by atoms with Gasteiger partial charge in [0.05, 0.1) is 29.8 Å². The van der Waals surface area contributed by atoms with Crippen molar-refractivity contribution in [3.63, 3.8) is 0 Å². The third kappa shape index (κ3) is 2.50. The fraction of sp³-hybridized carbons (Fsp3) is 0.333. The van der Waals surface area contributed by atoms with Crippen LogP contribution in [-0.4, -0.2) is 56.3 Å². The van der Waals surface area contributed by atoms with Crippen LogP contribution in [0.15, 0.2) is 24.4 Å². The number of anilines is 1. The van der Waals surface area contributed by atoms with Gasteiger partial charge in [0.2, 0.25) is 0 Å². The predicted octanol–water partition coefficient (Wildman–Crippen LogP) is 1.34. The number of rotatable bonds is 2. The number of carbonyl (C=O) groups is 1. The zero-order valence-electron chi connectivity index (χ0n) is 14.8. The number of imidazole rings is 1. The lowest BCUT2D eigenvalue weighted by molar-refractivity contribution is 0.0301. The Balaban J connectivity index is 1.80. The molecule has 8 heteroatoms. The topological polar surface area (TPSA) is 98.5 Å². The summed E-state index contributed by atoms with van der Waals surface area (Å²) < 4.78 is 8.90. The molecule has 3 N–H and O–H groups in total. The lowest BCUT2D eigenvalue weighted by atomic mass is 10.2. The van der Waals surface area contributed by atoms with Gasteiger partial charge in [-0.3, -0.25) is 4.79 Å². The molecule has 1 saturated heterocycles. The number of amides is 1. The molecule has 0 spiro atoms. The number of aromatic hydroxyl groups is 1. The van der Waals surface area contributed by atoms with E-state index in [4.69, 9.17) is 10.5 Å². The van der Waals surface area contributed by atoms with Crippen molar-refractivity contribution in [2.24, 2.45) is 14.1 Å². The van der Waals surface area contributed by atoms with Crippen molar-refractivity contribution < 1.29 is 14.6 Å². The van der Waals surface area contributed by atoms with Gasteiger partial charge >= 0.3 is 0 Å². The first-order valence-electron chi connectivity index (χ1n) is 8.45. The highest BCUT2D eigenvalue weighted by Gasteiger charge is 2.27. The normalized spacial score (nSPS) is 14.9. The number of hydrogen-bond donors (Lipinski definition) is 2. The summed E-state index contributed by atoms with van der Waals surface area (Å²) in [6, 6.07) is 5.49. The molecule has 1 aliphatic rings. The molecule has 0 atom stereocenters. The second kappa shape index (κ2) is 6.06. The van der Waals surface area contributed by atoms with E-state index in [-0.39, 0.29) is 17.2 Å². The van der Waals surface area contributed by atoms with Gasteiger partial charge in [-0.25, -0.2) is 4.98 Å². The van der Waals surface area contributed by atoms with E-state index in [9.17, 15) is 9.90 Å². The standard InChI is InChI=1S/C18H21N5O3/c1-21-10-12(18(25)23-5-7-26-8-6-23)16(24)15(21)17-20-13-9-11(19)3-4-14(13)22(17)2/h3-4,9-10,24H,5-8,19H2,1-2H3. The number of nitrogens with zero attached hydrogens (tertiary/aromatic N) is 4. The number of benzene rings is 1. The molecule has 0 saturated carbocycles. The second-order valence-corrected chi connectivity index (χ2v) is 6.50. The smallest absolute Gasteiger partial charge is 0.259 e. The zero-order chi connectivity index (χ0) is 18.4. The van der Waals surface area contributed by atoms with Crippen LogP contribution in [0.3, 0.4) is 0 Å². The quantitative estimate of drug-likeness (QED) is 0.676. The van der Waals surface area contributed by atoms with Crippen molar-refractivity contribution in [2.75, 3.05) is 32.0 Å². The summed E-state index contributed by atoms with van der Waals surface area (Å²) in [5, 5.41) is 10.8.